The Morgan fingerprint density at radius 2 is 1.35 bits per heavy atom. The lowest BCUT2D eigenvalue weighted by Crippen LogP contribution is -2.60. The van der Waals surface area contributed by atoms with Gasteiger partial charge in [-0.05, 0) is 61.6 Å². The van der Waals surface area contributed by atoms with Crippen LogP contribution in [0.3, 0.4) is 0 Å². The van der Waals surface area contributed by atoms with E-state index in [1.165, 1.54) is 38.1 Å². The summed E-state index contributed by atoms with van der Waals surface area (Å²) in [7, 11) is 2.58. The van der Waals surface area contributed by atoms with Crippen molar-refractivity contribution in [3.63, 3.8) is 0 Å². The first kappa shape index (κ1) is 56.4. The standard InChI is InChI=1S/C43H66Cl2N10O11/c1-23(2)18-30(38(61)53-32(42(65)66)21-26-13-14-27(44)28(45)19-26)51-40(63)34(22-36(58)59)55(5)41(64)31(20-25-10-7-6-8-11-25)52-37(60)29(15-16-35(46)57)50-39(62)33(54(4)24(3)56)12-9-17-49-43(47)48/h13-14,19,23,25,29-34H,6-12,15-18,20-22H2,1-5H3,(H2,46,57)(H,50,62)(H,51,63)(H,52,60)(H,53,61)(H,58,59)(H,65,66)(H4,47,48,49)/t29-,30-,31-,32-,33-,34-/m0/s1. The number of carboxylic acids is 2. The Morgan fingerprint density at radius 3 is 1.89 bits per heavy atom. The van der Waals surface area contributed by atoms with E-state index in [-0.39, 0.29) is 79.3 Å². The number of carboxylic acid groups (broad SMARTS) is 2. The maximum absolute atomic E-state index is 14.5. The Balaban J connectivity index is 2.46. The number of guanidine groups is 1. The number of hydrogen-bond donors (Lipinski definition) is 10. The summed E-state index contributed by atoms with van der Waals surface area (Å²) in [6, 6.07) is -4.04. The van der Waals surface area contributed by atoms with Gasteiger partial charge >= 0.3 is 11.9 Å². The fraction of sp³-hybridized carbons (Fsp3) is 0.628. The number of carbonyl (C=O) groups is 9. The van der Waals surface area contributed by atoms with Crippen LogP contribution >= 0.6 is 23.2 Å². The molecule has 6 atom stereocenters. The van der Waals surface area contributed by atoms with Crippen molar-refractivity contribution in [1.82, 2.24) is 36.4 Å². The molecule has 1 aliphatic rings. The first-order valence-corrected chi connectivity index (χ1v) is 22.6. The van der Waals surface area contributed by atoms with Gasteiger partial charge in [-0.15, -0.1) is 0 Å². The average molecular weight is 970 g/mol. The molecule has 0 aromatic heterocycles. The lowest BCUT2D eigenvalue weighted by molar-refractivity contribution is -0.148. The number of nitrogens with two attached hydrogens (primary N) is 2. The van der Waals surface area contributed by atoms with E-state index in [9.17, 15) is 53.4 Å². The second-order valence-corrected chi connectivity index (χ2v) is 17.9. The van der Waals surface area contributed by atoms with E-state index >= 15 is 0 Å². The van der Waals surface area contributed by atoms with Crippen LogP contribution in [0.25, 0.3) is 0 Å². The second kappa shape index (κ2) is 27.7. The first-order chi connectivity index (χ1) is 30.9. The third-order valence-corrected chi connectivity index (χ3v) is 12.1. The van der Waals surface area contributed by atoms with Gasteiger partial charge in [0.1, 0.15) is 36.3 Å². The number of likely N-dealkylation sites (N-methyl/N-ethyl adjacent to an activating group) is 2. The van der Waals surface area contributed by atoms with Crippen molar-refractivity contribution >= 4 is 82.5 Å². The van der Waals surface area contributed by atoms with Gasteiger partial charge in [-0.3, -0.25) is 43.8 Å². The van der Waals surface area contributed by atoms with Gasteiger partial charge in [0.15, 0.2) is 5.96 Å². The zero-order chi connectivity index (χ0) is 49.8. The molecular weight excluding hydrogens is 903 g/mol. The Kier molecular flexibility index (Phi) is 23.7. The van der Waals surface area contributed by atoms with Crippen molar-refractivity contribution in [2.24, 2.45) is 23.3 Å². The smallest absolute Gasteiger partial charge is 0.326 e. The van der Waals surface area contributed by atoms with Crippen LogP contribution in [0.5, 0.6) is 0 Å². The SMILES string of the molecule is CC(=O)N(C)[C@@H](CCCNC(=N)N)C(=O)N[C@@H](CCC(N)=O)C(=O)N[C@@H](CC1CCCCC1)C(=O)N(C)[C@@H](CC(=O)O)C(=O)N[C@@H](CC(C)C)C(=O)N[C@@H](Cc1ccc(Cl)c(Cl)c1)C(=O)O. The molecule has 0 saturated heterocycles. The molecule has 0 aliphatic heterocycles. The lowest BCUT2D eigenvalue weighted by atomic mass is 9.84. The molecule has 66 heavy (non-hydrogen) atoms. The van der Waals surface area contributed by atoms with Crippen molar-refractivity contribution < 1.29 is 53.4 Å². The summed E-state index contributed by atoms with van der Waals surface area (Å²) >= 11 is 12.1. The third-order valence-electron chi connectivity index (χ3n) is 11.3. The van der Waals surface area contributed by atoms with Crippen molar-refractivity contribution in [3.05, 3.63) is 33.8 Å². The normalized spacial score (nSPS) is 15.4. The predicted molar refractivity (Wildman–Crippen MR) is 245 cm³/mol. The van der Waals surface area contributed by atoms with Gasteiger partial charge in [-0.2, -0.15) is 0 Å². The highest BCUT2D eigenvalue weighted by Crippen LogP contribution is 2.28. The van der Waals surface area contributed by atoms with E-state index in [4.69, 9.17) is 40.1 Å². The molecule has 0 heterocycles. The quantitative estimate of drug-likeness (QED) is 0.0338. The number of halogens is 2. The number of carbonyl (C=O) groups excluding carboxylic acids is 7. The molecule has 0 spiro atoms. The van der Waals surface area contributed by atoms with E-state index in [1.807, 2.05) is 0 Å². The minimum absolute atomic E-state index is 0.00865. The molecule has 0 unspecified atom stereocenters. The summed E-state index contributed by atoms with van der Waals surface area (Å²) < 4.78 is 0. The molecule has 1 aliphatic carbocycles. The predicted octanol–water partition coefficient (Wildman–Crippen LogP) is 1.25. The van der Waals surface area contributed by atoms with Crippen LogP contribution in [0.4, 0.5) is 0 Å². The highest BCUT2D eigenvalue weighted by atomic mass is 35.5. The van der Waals surface area contributed by atoms with Gasteiger partial charge in [0.05, 0.1) is 16.5 Å². The molecule has 12 N–H and O–H groups in total. The van der Waals surface area contributed by atoms with E-state index in [1.54, 1.807) is 19.9 Å². The summed E-state index contributed by atoms with van der Waals surface area (Å²) in [5, 5.41) is 40.6. The molecule has 23 heteroatoms. The summed E-state index contributed by atoms with van der Waals surface area (Å²) in [6.45, 7) is 4.94. The van der Waals surface area contributed by atoms with Gasteiger partial charge in [0.25, 0.3) is 0 Å². The Hall–Kier alpha value is -5.70. The van der Waals surface area contributed by atoms with Crippen LogP contribution < -0.4 is 38.1 Å². The fourth-order valence-corrected chi connectivity index (χ4v) is 7.95. The minimum Gasteiger partial charge on any atom is -0.481 e. The maximum Gasteiger partial charge on any atom is 0.326 e. The number of nitrogens with one attached hydrogen (secondary N) is 6. The first-order valence-electron chi connectivity index (χ1n) is 21.9. The third kappa shape index (κ3) is 19.4. The zero-order valence-electron chi connectivity index (χ0n) is 38.1. The van der Waals surface area contributed by atoms with E-state index in [0.29, 0.717) is 18.4 Å². The number of hydrogen-bond acceptors (Lipinski definition) is 10. The highest BCUT2D eigenvalue weighted by molar-refractivity contribution is 6.42. The Labute approximate surface area is 394 Å². The second-order valence-electron chi connectivity index (χ2n) is 17.1. The molecule has 0 bridgehead atoms. The highest BCUT2D eigenvalue weighted by Gasteiger charge is 2.38. The summed E-state index contributed by atoms with van der Waals surface area (Å²) in [6.07, 6.45) is 2.72. The topological polar surface area (TPSA) is 337 Å². The molecule has 1 fully saturated rings. The van der Waals surface area contributed by atoms with Crippen molar-refractivity contribution in [1.29, 1.82) is 5.41 Å². The van der Waals surface area contributed by atoms with Gasteiger partial charge in [-0.25, -0.2) is 4.79 Å². The lowest BCUT2D eigenvalue weighted by Gasteiger charge is -2.34. The molecule has 1 aromatic carbocycles. The van der Waals surface area contributed by atoms with E-state index < -0.39 is 96.0 Å². The Morgan fingerprint density at radius 1 is 0.773 bits per heavy atom. The van der Waals surface area contributed by atoms with Gasteiger partial charge in [-0.1, -0.05) is 75.2 Å². The number of amides is 7. The van der Waals surface area contributed by atoms with Gasteiger partial charge < -0.3 is 58.1 Å². The molecule has 368 valence electrons. The molecule has 1 aromatic rings. The number of primary amides is 1. The molecular formula is C43H66Cl2N10O11. The maximum atomic E-state index is 14.5. The van der Waals surface area contributed by atoms with Crippen LogP contribution in [0.1, 0.15) is 103 Å². The molecule has 7 amide bonds. The van der Waals surface area contributed by atoms with Crippen LogP contribution in [0, 0.1) is 17.2 Å². The van der Waals surface area contributed by atoms with E-state index in [2.05, 4.69) is 26.6 Å². The largest absolute Gasteiger partial charge is 0.481 e. The number of aliphatic carboxylic acids is 2. The summed E-state index contributed by atoms with van der Waals surface area (Å²) in [4.78, 5) is 121. The zero-order valence-corrected chi connectivity index (χ0v) is 39.6. The molecule has 0 radical (unpaired) electrons. The minimum atomic E-state index is -1.74. The fourth-order valence-electron chi connectivity index (χ4n) is 7.63. The summed E-state index contributed by atoms with van der Waals surface area (Å²) in [5.74, 6) is -9.16. The molecule has 2 rings (SSSR count). The van der Waals surface area contributed by atoms with Gasteiger partial charge in [0.2, 0.25) is 41.4 Å². The number of nitrogens with zero attached hydrogens (tertiary/aromatic N) is 2. The molecule has 1 saturated carbocycles. The van der Waals surface area contributed by atoms with Crippen LogP contribution in [-0.2, 0) is 49.6 Å². The van der Waals surface area contributed by atoms with E-state index in [0.717, 1.165) is 24.2 Å². The van der Waals surface area contributed by atoms with Gasteiger partial charge in [0, 0.05) is 40.4 Å². The number of benzene rings is 1. The summed E-state index contributed by atoms with van der Waals surface area (Å²) in [5.41, 5.74) is 11.2. The number of rotatable bonds is 27. The average Bonchev–Trinajstić information content (AvgIpc) is 3.23. The van der Waals surface area contributed by atoms with Crippen LogP contribution in [0.2, 0.25) is 10.0 Å². The monoisotopic (exact) mass is 968 g/mol. The Bertz CT molecular complexity index is 1920. The van der Waals surface area contributed by atoms with Crippen LogP contribution in [0.15, 0.2) is 18.2 Å². The molecule has 21 nitrogen and oxygen atoms in total. The van der Waals surface area contributed by atoms with Crippen molar-refractivity contribution in [2.75, 3.05) is 20.6 Å². The van der Waals surface area contributed by atoms with Crippen molar-refractivity contribution in [3.8, 4) is 0 Å². The van der Waals surface area contributed by atoms with Crippen molar-refractivity contribution in [2.45, 2.75) is 140 Å². The van der Waals surface area contributed by atoms with Crippen LogP contribution in [-0.4, -0.2) is 136 Å².